The Morgan fingerprint density at radius 2 is 0.928 bits per heavy atom. The number of aliphatic hydroxyl groups excluding tert-OH is 4. The largest absolute Gasteiger partial charge is 0.397 e. The van der Waals surface area contributed by atoms with E-state index in [-0.39, 0.29) is 18.9 Å². The van der Waals surface area contributed by atoms with Gasteiger partial charge in [0.2, 0.25) is 5.91 Å². The van der Waals surface area contributed by atoms with Gasteiger partial charge in [0.15, 0.2) is 6.29 Å². The van der Waals surface area contributed by atoms with Crippen molar-refractivity contribution in [3.63, 3.8) is 0 Å². The lowest BCUT2D eigenvalue weighted by Crippen LogP contribution is -2.61. The molecule has 0 spiro atoms. The molecule has 0 radical (unpaired) electrons. The third-order valence-electron chi connectivity index (χ3n) is 13.7. The molecule has 0 aromatic heterocycles. The lowest BCUT2D eigenvalue weighted by Gasteiger charge is -2.41. The van der Waals surface area contributed by atoms with Crippen LogP contribution in [0.5, 0.6) is 0 Å². The molecule has 7 atom stereocenters. The number of amides is 1. The molecule has 0 saturated carbocycles. The zero-order chi connectivity index (χ0) is 50.5. The summed E-state index contributed by atoms with van der Waals surface area (Å²) in [5, 5.41) is 44.9. The van der Waals surface area contributed by atoms with E-state index < -0.39 is 59.9 Å². The van der Waals surface area contributed by atoms with E-state index in [1.165, 1.54) is 205 Å². The minimum absolute atomic E-state index is 0.261. The van der Waals surface area contributed by atoms with Crippen LogP contribution in [0.25, 0.3) is 0 Å². The molecule has 1 heterocycles. The highest BCUT2D eigenvalue weighted by molar-refractivity contribution is 7.80. The summed E-state index contributed by atoms with van der Waals surface area (Å²) in [5.41, 5.74) is 0. The van der Waals surface area contributed by atoms with Crippen molar-refractivity contribution >= 4 is 16.3 Å². The molecule has 1 amide bonds. The van der Waals surface area contributed by atoms with E-state index in [1.54, 1.807) is 6.08 Å². The highest BCUT2D eigenvalue weighted by Crippen LogP contribution is 2.26. The average molecular weight is 1000 g/mol. The normalized spacial score (nSPS) is 19.8. The van der Waals surface area contributed by atoms with Crippen LogP contribution < -0.4 is 5.32 Å². The maximum atomic E-state index is 13.1. The summed E-state index contributed by atoms with van der Waals surface area (Å²) in [5.74, 6) is -0.261. The highest BCUT2D eigenvalue weighted by atomic mass is 32.3. The van der Waals surface area contributed by atoms with Gasteiger partial charge < -0.3 is 35.2 Å². The summed E-state index contributed by atoms with van der Waals surface area (Å²) in [4.78, 5) is 13.1. The molecule has 1 aliphatic rings. The zero-order valence-corrected chi connectivity index (χ0v) is 45.0. The number of ether oxygens (including phenoxy) is 2. The van der Waals surface area contributed by atoms with E-state index >= 15 is 0 Å². The molecule has 0 aromatic rings. The first kappa shape index (κ1) is 65.6. The summed E-state index contributed by atoms with van der Waals surface area (Å²) in [6.45, 7) is 3.42. The lowest BCUT2D eigenvalue weighted by atomic mass is 9.99. The van der Waals surface area contributed by atoms with Crippen LogP contribution in [0.15, 0.2) is 24.3 Å². The molecule has 0 aliphatic carbocycles. The Hall–Kier alpha value is -1.42. The number of hydrogen-bond donors (Lipinski definition) is 6. The van der Waals surface area contributed by atoms with Crippen molar-refractivity contribution in [3.05, 3.63) is 24.3 Å². The second-order valence-corrected chi connectivity index (χ2v) is 21.3. The second kappa shape index (κ2) is 46.4. The fourth-order valence-electron chi connectivity index (χ4n) is 9.28. The molecule has 408 valence electrons. The number of rotatable bonds is 50. The third kappa shape index (κ3) is 38.8. The third-order valence-corrected chi connectivity index (χ3v) is 14.2. The lowest BCUT2D eigenvalue weighted by molar-refractivity contribution is -0.298. The van der Waals surface area contributed by atoms with Crippen LogP contribution in [0.3, 0.4) is 0 Å². The molecule has 7 unspecified atom stereocenters. The molecule has 1 fully saturated rings. The van der Waals surface area contributed by atoms with Gasteiger partial charge in [-0.05, 0) is 44.9 Å². The molecule has 1 saturated heterocycles. The van der Waals surface area contributed by atoms with Gasteiger partial charge in [-0.1, -0.05) is 244 Å². The zero-order valence-electron chi connectivity index (χ0n) is 44.1. The first-order valence-corrected chi connectivity index (χ1v) is 30.1. The standard InChI is InChI=1S/C56H107NO11S/c1-3-5-7-9-11-13-15-17-19-21-22-23-24-25-26-27-28-29-30-32-34-36-38-40-42-44-46-52(60)57-49(48-66-56-54(62)55(68-69(63,64)65)53(61)51(47-58)67-56)50(59)45-43-41-39-37-35-33-31-20-18-16-14-12-10-8-6-4-2/h25-26,43,45,49-51,53-56,58-59,61-62H,3-24,27-42,44,46-48H2,1-2H3,(H,57,60)(H,63,64,65)/b26-25-,45-43+. The van der Waals surface area contributed by atoms with Gasteiger partial charge in [-0.15, -0.1) is 0 Å². The van der Waals surface area contributed by atoms with E-state index in [1.807, 2.05) is 6.08 Å². The van der Waals surface area contributed by atoms with Gasteiger partial charge in [-0.3, -0.25) is 9.35 Å². The number of aliphatic hydroxyl groups is 4. The van der Waals surface area contributed by atoms with Crippen LogP contribution in [0, 0.1) is 0 Å². The number of hydrogen-bond acceptors (Lipinski definition) is 10. The van der Waals surface area contributed by atoms with E-state index in [0.29, 0.717) is 6.42 Å². The van der Waals surface area contributed by atoms with Crippen molar-refractivity contribution in [3.8, 4) is 0 Å². The maximum Gasteiger partial charge on any atom is 0.397 e. The van der Waals surface area contributed by atoms with Crippen molar-refractivity contribution < 1.29 is 51.8 Å². The van der Waals surface area contributed by atoms with Crippen molar-refractivity contribution in [2.45, 2.75) is 314 Å². The number of nitrogens with one attached hydrogen (secondary N) is 1. The highest BCUT2D eigenvalue weighted by Gasteiger charge is 2.48. The minimum Gasteiger partial charge on any atom is -0.394 e. The fourth-order valence-corrected chi connectivity index (χ4v) is 9.78. The van der Waals surface area contributed by atoms with Crippen LogP contribution in [0.1, 0.15) is 271 Å². The quantitative estimate of drug-likeness (QED) is 0.0193. The van der Waals surface area contributed by atoms with Gasteiger partial charge in [0, 0.05) is 6.42 Å². The molecular weight excluding hydrogens is 895 g/mol. The van der Waals surface area contributed by atoms with E-state index in [0.717, 1.165) is 38.5 Å². The molecule has 1 aliphatic heterocycles. The Balaban J connectivity index is 2.35. The topological polar surface area (TPSA) is 192 Å². The summed E-state index contributed by atoms with van der Waals surface area (Å²) >= 11 is 0. The predicted molar refractivity (Wildman–Crippen MR) is 282 cm³/mol. The van der Waals surface area contributed by atoms with Crippen molar-refractivity contribution in [1.29, 1.82) is 0 Å². The second-order valence-electron chi connectivity index (χ2n) is 20.2. The van der Waals surface area contributed by atoms with Crippen LogP contribution in [0.2, 0.25) is 0 Å². The van der Waals surface area contributed by atoms with Crippen LogP contribution in [-0.4, -0.2) is 95.4 Å². The first-order valence-electron chi connectivity index (χ1n) is 28.7. The summed E-state index contributed by atoms with van der Waals surface area (Å²) in [7, 11) is -5.09. The van der Waals surface area contributed by atoms with E-state index in [2.05, 4.69) is 35.5 Å². The SMILES string of the molecule is CCCCCCCCCCCCCC/C=C\CCCCCCCCCCCCC(=O)NC(COC1OC(CO)C(O)C(OS(=O)(=O)O)C1O)C(O)/C=C/CCCCCCCCCCCCCCCC. The van der Waals surface area contributed by atoms with Crippen molar-refractivity contribution in [2.75, 3.05) is 13.2 Å². The van der Waals surface area contributed by atoms with Gasteiger partial charge in [-0.25, -0.2) is 4.18 Å². The number of unbranched alkanes of at least 4 members (excludes halogenated alkanes) is 36. The summed E-state index contributed by atoms with van der Waals surface area (Å²) in [6.07, 6.45) is 47.9. The van der Waals surface area contributed by atoms with Crippen molar-refractivity contribution in [1.82, 2.24) is 5.32 Å². The van der Waals surface area contributed by atoms with Gasteiger partial charge >= 0.3 is 10.4 Å². The summed E-state index contributed by atoms with van der Waals surface area (Å²) < 4.78 is 47.8. The predicted octanol–water partition coefficient (Wildman–Crippen LogP) is 13.2. The Bertz CT molecular complexity index is 1320. The van der Waals surface area contributed by atoms with Crippen LogP contribution >= 0.6 is 0 Å². The summed E-state index contributed by atoms with van der Waals surface area (Å²) in [6, 6.07) is -0.943. The van der Waals surface area contributed by atoms with Gasteiger partial charge in [0.1, 0.15) is 24.4 Å². The smallest absolute Gasteiger partial charge is 0.394 e. The maximum absolute atomic E-state index is 13.1. The van der Waals surface area contributed by atoms with Crippen LogP contribution in [0.4, 0.5) is 0 Å². The van der Waals surface area contributed by atoms with Crippen molar-refractivity contribution in [2.24, 2.45) is 0 Å². The number of allylic oxidation sites excluding steroid dienone is 3. The Morgan fingerprint density at radius 3 is 1.30 bits per heavy atom. The molecule has 0 bridgehead atoms. The van der Waals surface area contributed by atoms with E-state index in [4.69, 9.17) is 9.47 Å². The first-order chi connectivity index (χ1) is 33.5. The van der Waals surface area contributed by atoms with Crippen LogP contribution in [-0.2, 0) is 28.9 Å². The fraction of sp³-hybridized carbons (Fsp3) is 0.911. The number of carbonyl (C=O) groups is 1. The minimum atomic E-state index is -5.09. The molecule has 1 rings (SSSR count). The monoisotopic (exact) mass is 1000 g/mol. The molecular formula is C56H107NO11S. The molecule has 0 aromatic carbocycles. The van der Waals surface area contributed by atoms with Gasteiger partial charge in [0.05, 0.1) is 25.4 Å². The Kier molecular flexibility index (Phi) is 44.1. The molecule has 6 N–H and O–H groups in total. The van der Waals surface area contributed by atoms with E-state index in [9.17, 15) is 38.2 Å². The average Bonchev–Trinajstić information content (AvgIpc) is 3.32. The Morgan fingerprint density at radius 1 is 0.565 bits per heavy atom. The van der Waals surface area contributed by atoms with Gasteiger partial charge in [-0.2, -0.15) is 8.42 Å². The molecule has 13 heteroatoms. The molecule has 12 nitrogen and oxygen atoms in total. The van der Waals surface area contributed by atoms with Gasteiger partial charge in [0.25, 0.3) is 0 Å². The molecule has 69 heavy (non-hydrogen) atoms. The number of carbonyl (C=O) groups excluding carboxylic acids is 1. The Labute approximate surface area is 422 Å².